The molecule has 2 saturated heterocycles. The molecule has 0 N–H and O–H groups in total. The maximum atomic E-state index is 12.1. The van der Waals surface area contributed by atoms with E-state index in [1.165, 1.54) is 0 Å². The summed E-state index contributed by atoms with van der Waals surface area (Å²) in [7, 11) is 1.62. The van der Waals surface area contributed by atoms with Gasteiger partial charge in [-0.3, -0.25) is 0 Å². The first-order valence-corrected chi connectivity index (χ1v) is 7.07. The first-order valence-electron chi connectivity index (χ1n) is 7.07. The van der Waals surface area contributed by atoms with E-state index in [4.69, 9.17) is 9.47 Å². The number of rotatable bonds is 4. The molecule has 2 atom stereocenters. The van der Waals surface area contributed by atoms with E-state index in [-0.39, 0.29) is 6.09 Å². The van der Waals surface area contributed by atoms with E-state index in [0.29, 0.717) is 25.3 Å². The molecule has 2 aliphatic heterocycles. The smallest absolute Gasteiger partial charge is 0.410 e. The summed E-state index contributed by atoms with van der Waals surface area (Å²) in [6.07, 6.45) is 4.45. The molecule has 0 saturated carbocycles. The van der Waals surface area contributed by atoms with Gasteiger partial charge in [-0.2, -0.15) is 0 Å². The molecular weight excluding hydrogens is 230 g/mol. The summed E-state index contributed by atoms with van der Waals surface area (Å²) in [4.78, 5) is 14.1. The van der Waals surface area contributed by atoms with Crippen molar-refractivity contribution in [1.29, 1.82) is 0 Å². The molecule has 0 radical (unpaired) electrons. The Kier molecular flexibility index (Phi) is 4.49. The standard InChI is InChI=1S/C14H25NO3/c1-10(2)11-8-12-4-5-13(9-11)15(12)14(16)18-7-6-17-3/h10-13H,4-9H2,1-3H3. The van der Waals surface area contributed by atoms with Gasteiger partial charge in [0.2, 0.25) is 0 Å². The van der Waals surface area contributed by atoms with Gasteiger partial charge in [-0.15, -0.1) is 0 Å². The van der Waals surface area contributed by atoms with E-state index in [2.05, 4.69) is 13.8 Å². The van der Waals surface area contributed by atoms with Crippen LogP contribution in [0, 0.1) is 11.8 Å². The average Bonchev–Trinajstić information content (AvgIpc) is 2.60. The van der Waals surface area contributed by atoms with Crippen molar-refractivity contribution in [3.05, 3.63) is 0 Å². The lowest BCUT2D eigenvalue weighted by molar-refractivity contribution is 0.0362. The summed E-state index contributed by atoms with van der Waals surface area (Å²) in [5.74, 6) is 1.49. The summed E-state index contributed by atoms with van der Waals surface area (Å²) < 4.78 is 10.2. The fourth-order valence-electron chi connectivity index (χ4n) is 3.35. The topological polar surface area (TPSA) is 38.8 Å². The molecule has 1 amide bonds. The summed E-state index contributed by atoms with van der Waals surface area (Å²) in [6.45, 7) is 5.41. The highest BCUT2D eigenvalue weighted by molar-refractivity contribution is 5.69. The Bertz CT molecular complexity index is 279. The SMILES string of the molecule is COCCOC(=O)N1C2CCC1CC(C(C)C)C2. The molecule has 2 bridgehead atoms. The first-order chi connectivity index (χ1) is 8.63. The van der Waals surface area contributed by atoms with Crippen LogP contribution in [0.3, 0.4) is 0 Å². The van der Waals surface area contributed by atoms with Crippen molar-refractivity contribution in [1.82, 2.24) is 4.90 Å². The molecule has 2 aliphatic rings. The number of fused-ring (bicyclic) bond motifs is 2. The van der Waals surface area contributed by atoms with E-state index in [0.717, 1.165) is 37.5 Å². The number of piperidine rings is 1. The Morgan fingerprint density at radius 3 is 2.33 bits per heavy atom. The molecule has 0 spiro atoms. The van der Waals surface area contributed by atoms with Crippen molar-refractivity contribution < 1.29 is 14.3 Å². The van der Waals surface area contributed by atoms with Gasteiger partial charge >= 0.3 is 6.09 Å². The lowest BCUT2D eigenvalue weighted by Gasteiger charge is -2.39. The summed E-state index contributed by atoms with van der Waals surface area (Å²) in [5, 5.41) is 0. The molecule has 0 aromatic carbocycles. The van der Waals surface area contributed by atoms with Gasteiger partial charge < -0.3 is 14.4 Å². The highest BCUT2D eigenvalue weighted by Crippen LogP contribution is 2.41. The van der Waals surface area contributed by atoms with E-state index in [1.54, 1.807) is 7.11 Å². The van der Waals surface area contributed by atoms with Crippen molar-refractivity contribution in [2.45, 2.75) is 51.6 Å². The second-order valence-electron chi connectivity index (χ2n) is 5.87. The van der Waals surface area contributed by atoms with Crippen molar-refractivity contribution in [2.75, 3.05) is 20.3 Å². The maximum absolute atomic E-state index is 12.1. The minimum atomic E-state index is -0.137. The summed E-state index contributed by atoms with van der Waals surface area (Å²) >= 11 is 0. The van der Waals surface area contributed by atoms with Crippen LogP contribution in [0.1, 0.15) is 39.5 Å². The highest BCUT2D eigenvalue weighted by atomic mass is 16.6. The Balaban J connectivity index is 1.90. The van der Waals surface area contributed by atoms with Gasteiger partial charge in [-0.25, -0.2) is 4.79 Å². The fraction of sp³-hybridized carbons (Fsp3) is 0.929. The Hall–Kier alpha value is -0.770. The molecule has 2 heterocycles. The van der Waals surface area contributed by atoms with Crippen LogP contribution < -0.4 is 0 Å². The van der Waals surface area contributed by atoms with Crippen molar-refractivity contribution in [2.24, 2.45) is 11.8 Å². The van der Waals surface area contributed by atoms with E-state index in [9.17, 15) is 4.79 Å². The highest BCUT2D eigenvalue weighted by Gasteiger charge is 2.44. The van der Waals surface area contributed by atoms with Crippen LogP contribution in [-0.4, -0.2) is 43.4 Å². The number of nitrogens with zero attached hydrogens (tertiary/aromatic N) is 1. The monoisotopic (exact) mass is 255 g/mol. The predicted octanol–water partition coefficient (Wildman–Crippen LogP) is 2.67. The molecule has 2 rings (SSSR count). The molecule has 104 valence electrons. The largest absolute Gasteiger partial charge is 0.447 e. The summed E-state index contributed by atoms with van der Waals surface area (Å²) in [5.41, 5.74) is 0. The molecule has 18 heavy (non-hydrogen) atoms. The van der Waals surface area contributed by atoms with Gasteiger partial charge in [0.25, 0.3) is 0 Å². The number of ether oxygens (including phenoxy) is 2. The quantitative estimate of drug-likeness (QED) is 0.725. The van der Waals surface area contributed by atoms with E-state index in [1.807, 2.05) is 4.90 Å². The summed E-state index contributed by atoms with van der Waals surface area (Å²) in [6, 6.07) is 0.817. The normalized spacial score (nSPS) is 30.9. The van der Waals surface area contributed by atoms with Gasteiger partial charge in [-0.1, -0.05) is 13.8 Å². The second kappa shape index (κ2) is 5.91. The zero-order valence-corrected chi connectivity index (χ0v) is 11.7. The zero-order valence-electron chi connectivity index (χ0n) is 11.7. The van der Waals surface area contributed by atoms with Gasteiger partial charge in [-0.05, 0) is 37.5 Å². The maximum Gasteiger partial charge on any atom is 0.410 e. The number of hydrogen-bond donors (Lipinski definition) is 0. The van der Waals surface area contributed by atoms with Crippen LogP contribution in [0.25, 0.3) is 0 Å². The van der Waals surface area contributed by atoms with Crippen LogP contribution in [0.5, 0.6) is 0 Å². The number of hydrogen-bond acceptors (Lipinski definition) is 3. The molecular formula is C14H25NO3. The predicted molar refractivity (Wildman–Crippen MR) is 69.4 cm³/mol. The van der Waals surface area contributed by atoms with Crippen LogP contribution in [0.2, 0.25) is 0 Å². The Morgan fingerprint density at radius 1 is 1.22 bits per heavy atom. The molecule has 0 aromatic rings. The van der Waals surface area contributed by atoms with Crippen molar-refractivity contribution >= 4 is 6.09 Å². The number of carbonyl (C=O) groups is 1. The number of amides is 1. The van der Waals surface area contributed by atoms with Crippen molar-refractivity contribution in [3.63, 3.8) is 0 Å². The molecule has 0 aromatic heterocycles. The average molecular weight is 255 g/mol. The molecule has 2 fully saturated rings. The van der Waals surface area contributed by atoms with Crippen molar-refractivity contribution in [3.8, 4) is 0 Å². The third-order valence-electron chi connectivity index (χ3n) is 4.44. The van der Waals surface area contributed by atoms with Crippen LogP contribution >= 0.6 is 0 Å². The minimum Gasteiger partial charge on any atom is -0.447 e. The van der Waals surface area contributed by atoms with Crippen LogP contribution in [0.4, 0.5) is 4.79 Å². The minimum absolute atomic E-state index is 0.137. The third-order valence-corrected chi connectivity index (χ3v) is 4.44. The second-order valence-corrected chi connectivity index (χ2v) is 5.87. The molecule has 2 unspecified atom stereocenters. The van der Waals surface area contributed by atoms with Gasteiger partial charge in [0, 0.05) is 19.2 Å². The Morgan fingerprint density at radius 2 is 1.83 bits per heavy atom. The zero-order chi connectivity index (χ0) is 13.1. The molecule has 4 heteroatoms. The lowest BCUT2D eigenvalue weighted by atomic mass is 9.83. The van der Waals surface area contributed by atoms with Gasteiger partial charge in [0.15, 0.2) is 0 Å². The number of carbonyl (C=O) groups excluding carboxylic acids is 1. The fourth-order valence-corrected chi connectivity index (χ4v) is 3.35. The van der Waals surface area contributed by atoms with Crippen LogP contribution in [-0.2, 0) is 9.47 Å². The third kappa shape index (κ3) is 2.79. The van der Waals surface area contributed by atoms with E-state index < -0.39 is 0 Å². The van der Waals surface area contributed by atoms with E-state index >= 15 is 0 Å². The lowest BCUT2D eigenvalue weighted by Crippen LogP contribution is -2.47. The van der Waals surface area contributed by atoms with Gasteiger partial charge in [0.1, 0.15) is 6.61 Å². The van der Waals surface area contributed by atoms with Crippen LogP contribution in [0.15, 0.2) is 0 Å². The van der Waals surface area contributed by atoms with Gasteiger partial charge in [0.05, 0.1) is 6.61 Å². The molecule has 0 aliphatic carbocycles. The number of methoxy groups -OCH3 is 1. The Labute approximate surface area is 110 Å². The molecule has 4 nitrogen and oxygen atoms in total. The first kappa shape index (κ1) is 13.7.